The predicted molar refractivity (Wildman–Crippen MR) is 98.2 cm³/mol. The molecule has 0 aromatic heterocycles. The lowest BCUT2D eigenvalue weighted by Crippen LogP contribution is -2.21. The molecule has 2 heteroatoms. The number of rotatable bonds is 6. The molecule has 2 aromatic carbocycles. The molecule has 23 heavy (non-hydrogen) atoms. The van der Waals surface area contributed by atoms with E-state index in [2.05, 4.69) is 64.0 Å². The molecule has 0 saturated heterocycles. The maximum absolute atomic E-state index is 10.8. The molecule has 0 spiro atoms. The molecule has 1 N–H and O–H groups in total. The van der Waals surface area contributed by atoms with E-state index >= 15 is 0 Å². The van der Waals surface area contributed by atoms with Crippen molar-refractivity contribution in [3.8, 4) is 5.75 Å². The number of aryl methyl sites for hydroxylation is 3. The molecule has 0 fully saturated rings. The molecule has 0 saturated carbocycles. The second-order valence-electron chi connectivity index (χ2n) is 6.67. The van der Waals surface area contributed by atoms with Crippen molar-refractivity contribution in [2.24, 2.45) is 0 Å². The summed E-state index contributed by atoms with van der Waals surface area (Å²) in [4.78, 5) is 2.17. The second-order valence-corrected chi connectivity index (χ2v) is 6.67. The highest BCUT2D eigenvalue weighted by atomic mass is 16.3. The van der Waals surface area contributed by atoms with Gasteiger partial charge in [-0.15, -0.1) is 0 Å². The maximum Gasteiger partial charge on any atom is 0.123 e. The third kappa shape index (κ3) is 3.94. The number of unbranched alkanes of at least 4 members (excludes halogenated alkanes) is 1. The van der Waals surface area contributed by atoms with Gasteiger partial charge in [-0.25, -0.2) is 0 Å². The summed E-state index contributed by atoms with van der Waals surface area (Å²) in [5, 5.41) is 10.8. The molecule has 0 aliphatic rings. The molecule has 0 heterocycles. The van der Waals surface area contributed by atoms with Gasteiger partial charge in [0.1, 0.15) is 5.75 Å². The van der Waals surface area contributed by atoms with E-state index in [1.807, 2.05) is 12.1 Å². The van der Waals surface area contributed by atoms with Crippen LogP contribution in [-0.4, -0.2) is 24.1 Å². The summed E-state index contributed by atoms with van der Waals surface area (Å²) in [7, 11) is 4.13. The zero-order valence-corrected chi connectivity index (χ0v) is 15.1. The van der Waals surface area contributed by atoms with E-state index in [-0.39, 0.29) is 6.04 Å². The number of hydrogen-bond donors (Lipinski definition) is 1. The van der Waals surface area contributed by atoms with Crippen LogP contribution in [0.15, 0.2) is 36.4 Å². The van der Waals surface area contributed by atoms with Crippen molar-refractivity contribution in [3.05, 3.63) is 64.2 Å². The molecule has 0 aliphatic carbocycles. The number of phenolic OH excluding ortho intramolecular Hbond substituents is 1. The van der Waals surface area contributed by atoms with E-state index in [9.17, 15) is 5.11 Å². The van der Waals surface area contributed by atoms with Gasteiger partial charge in [0.05, 0.1) is 6.04 Å². The van der Waals surface area contributed by atoms with E-state index in [1.54, 1.807) is 0 Å². The van der Waals surface area contributed by atoms with Gasteiger partial charge in [-0.05, 0) is 63.0 Å². The molecule has 0 aliphatic heterocycles. The van der Waals surface area contributed by atoms with Gasteiger partial charge in [-0.2, -0.15) is 0 Å². The third-order valence-electron chi connectivity index (χ3n) is 4.61. The van der Waals surface area contributed by atoms with Crippen molar-refractivity contribution < 1.29 is 5.11 Å². The number of hydrogen-bond acceptors (Lipinski definition) is 2. The first-order valence-electron chi connectivity index (χ1n) is 8.50. The zero-order chi connectivity index (χ0) is 17.0. The zero-order valence-electron chi connectivity index (χ0n) is 15.1. The predicted octanol–water partition coefficient (Wildman–Crippen LogP) is 5.00. The summed E-state index contributed by atoms with van der Waals surface area (Å²) >= 11 is 0. The molecular weight excluding hydrogens is 282 g/mol. The lowest BCUT2D eigenvalue weighted by Gasteiger charge is -2.27. The maximum atomic E-state index is 10.8. The van der Waals surface area contributed by atoms with E-state index in [0.29, 0.717) is 5.75 Å². The first-order chi connectivity index (χ1) is 11.0. The molecule has 2 nitrogen and oxygen atoms in total. The van der Waals surface area contributed by atoms with Gasteiger partial charge in [-0.1, -0.05) is 49.7 Å². The minimum atomic E-state index is 0.0656. The molecule has 0 bridgehead atoms. The summed E-state index contributed by atoms with van der Waals surface area (Å²) in [6.07, 6.45) is 3.18. The fraction of sp³-hybridized carbons (Fsp3) is 0.429. The van der Waals surface area contributed by atoms with Crippen LogP contribution in [0.3, 0.4) is 0 Å². The Balaban J connectivity index is 2.47. The Morgan fingerprint density at radius 2 is 1.78 bits per heavy atom. The van der Waals surface area contributed by atoms with Crippen molar-refractivity contribution in [1.29, 1.82) is 0 Å². The Hall–Kier alpha value is -1.80. The average Bonchev–Trinajstić information content (AvgIpc) is 2.51. The lowest BCUT2D eigenvalue weighted by molar-refractivity contribution is 0.330. The molecule has 0 amide bonds. The van der Waals surface area contributed by atoms with Gasteiger partial charge in [0.15, 0.2) is 0 Å². The molecule has 2 rings (SSSR count). The summed E-state index contributed by atoms with van der Waals surface area (Å²) in [6.45, 7) is 6.45. The summed E-state index contributed by atoms with van der Waals surface area (Å²) < 4.78 is 0. The van der Waals surface area contributed by atoms with E-state index in [4.69, 9.17) is 0 Å². The average molecular weight is 311 g/mol. The quantitative estimate of drug-likeness (QED) is 0.811. The number of nitrogens with zero attached hydrogens (tertiary/aromatic N) is 1. The molecule has 1 unspecified atom stereocenters. The largest absolute Gasteiger partial charge is 0.507 e. The number of aromatic hydroxyl groups is 1. The van der Waals surface area contributed by atoms with Crippen LogP contribution in [0.25, 0.3) is 0 Å². The normalized spacial score (nSPS) is 12.6. The highest BCUT2D eigenvalue weighted by molar-refractivity contribution is 5.47. The Morgan fingerprint density at radius 3 is 2.39 bits per heavy atom. The van der Waals surface area contributed by atoms with Crippen LogP contribution in [0.2, 0.25) is 0 Å². The highest BCUT2D eigenvalue weighted by Gasteiger charge is 2.21. The van der Waals surface area contributed by atoms with Crippen LogP contribution in [0.1, 0.15) is 53.6 Å². The van der Waals surface area contributed by atoms with Crippen LogP contribution < -0.4 is 0 Å². The minimum Gasteiger partial charge on any atom is -0.507 e. The number of benzene rings is 2. The fourth-order valence-corrected chi connectivity index (χ4v) is 3.09. The number of phenols is 1. The van der Waals surface area contributed by atoms with Gasteiger partial charge in [0.25, 0.3) is 0 Å². The lowest BCUT2D eigenvalue weighted by atomic mass is 9.92. The van der Waals surface area contributed by atoms with Gasteiger partial charge in [0, 0.05) is 5.56 Å². The van der Waals surface area contributed by atoms with Crippen LogP contribution in [0, 0.1) is 13.8 Å². The van der Waals surface area contributed by atoms with Crippen molar-refractivity contribution in [2.75, 3.05) is 14.1 Å². The standard InChI is InChI=1S/C21H29NO/c1-6-7-9-17-10-8-11-19(21(17)23)20(22(4)5)18-13-12-15(2)16(3)14-18/h8,10-14,20,23H,6-7,9H2,1-5H3. The Bertz CT molecular complexity index is 661. The molecule has 124 valence electrons. The van der Waals surface area contributed by atoms with Gasteiger partial charge < -0.3 is 5.11 Å². The van der Waals surface area contributed by atoms with Gasteiger partial charge in [0.2, 0.25) is 0 Å². The minimum absolute atomic E-state index is 0.0656. The molecule has 0 radical (unpaired) electrons. The smallest absolute Gasteiger partial charge is 0.123 e. The van der Waals surface area contributed by atoms with Crippen molar-refractivity contribution in [3.63, 3.8) is 0 Å². The molecular formula is C21H29NO. The monoisotopic (exact) mass is 311 g/mol. The highest BCUT2D eigenvalue weighted by Crippen LogP contribution is 2.36. The molecule has 1 atom stereocenters. The summed E-state index contributed by atoms with van der Waals surface area (Å²) in [6, 6.07) is 12.8. The van der Waals surface area contributed by atoms with Crippen LogP contribution in [0.4, 0.5) is 0 Å². The first-order valence-corrected chi connectivity index (χ1v) is 8.50. The first kappa shape index (κ1) is 17.6. The molecule has 2 aromatic rings. The van der Waals surface area contributed by atoms with Crippen molar-refractivity contribution in [1.82, 2.24) is 4.90 Å². The van der Waals surface area contributed by atoms with Gasteiger partial charge >= 0.3 is 0 Å². The topological polar surface area (TPSA) is 23.5 Å². The Morgan fingerprint density at radius 1 is 1.04 bits per heavy atom. The van der Waals surface area contributed by atoms with Crippen molar-refractivity contribution in [2.45, 2.75) is 46.1 Å². The van der Waals surface area contributed by atoms with Crippen LogP contribution >= 0.6 is 0 Å². The van der Waals surface area contributed by atoms with E-state index < -0.39 is 0 Å². The fourth-order valence-electron chi connectivity index (χ4n) is 3.09. The van der Waals surface area contributed by atoms with E-state index in [0.717, 1.165) is 30.4 Å². The summed E-state index contributed by atoms with van der Waals surface area (Å²) in [5.41, 5.74) is 5.86. The van der Waals surface area contributed by atoms with Crippen LogP contribution in [0.5, 0.6) is 5.75 Å². The van der Waals surface area contributed by atoms with Gasteiger partial charge in [-0.3, -0.25) is 4.90 Å². The van der Waals surface area contributed by atoms with Crippen LogP contribution in [-0.2, 0) is 6.42 Å². The number of para-hydroxylation sites is 1. The van der Waals surface area contributed by atoms with E-state index in [1.165, 1.54) is 16.7 Å². The third-order valence-corrected chi connectivity index (χ3v) is 4.61. The Labute approximate surface area is 140 Å². The Kier molecular flexibility index (Phi) is 5.84. The van der Waals surface area contributed by atoms with Crippen molar-refractivity contribution >= 4 is 0 Å². The summed E-state index contributed by atoms with van der Waals surface area (Å²) in [5.74, 6) is 0.456. The SMILES string of the molecule is CCCCc1cccc(C(c2ccc(C)c(C)c2)N(C)C)c1O. The second kappa shape index (κ2) is 7.65.